The fraction of sp³-hybridized carbons (Fsp3) is 0.529. The van der Waals surface area contributed by atoms with E-state index < -0.39 is 8.97 Å². The van der Waals surface area contributed by atoms with E-state index in [4.69, 9.17) is 13.3 Å². The Balaban J connectivity index is 2.66. The summed E-state index contributed by atoms with van der Waals surface area (Å²) in [5, 5.41) is 3.51. The standard InChI is InChI=1S/C17H30N2O3Si/c1-6-14-19(23(20-3,21-4)22-5)15-13-18-17(7-2)16-11-9-8-10-12-16/h7-12,17-18H,2,6,13-15H2,1,3-5H3. The van der Waals surface area contributed by atoms with Gasteiger partial charge in [-0.05, 0) is 18.5 Å². The van der Waals surface area contributed by atoms with Crippen LogP contribution in [0.2, 0.25) is 0 Å². The first-order valence-corrected chi connectivity index (χ1v) is 9.66. The van der Waals surface area contributed by atoms with E-state index in [1.807, 2.05) is 24.3 Å². The van der Waals surface area contributed by atoms with Crippen molar-refractivity contribution in [2.75, 3.05) is 41.0 Å². The molecule has 0 aromatic heterocycles. The van der Waals surface area contributed by atoms with E-state index in [1.165, 1.54) is 5.56 Å². The topological polar surface area (TPSA) is 43.0 Å². The zero-order valence-corrected chi connectivity index (χ0v) is 15.7. The Morgan fingerprint density at radius 2 is 1.74 bits per heavy atom. The third-order valence-corrected chi connectivity index (χ3v) is 6.56. The lowest BCUT2D eigenvalue weighted by atomic mass is 10.1. The minimum absolute atomic E-state index is 0.128. The van der Waals surface area contributed by atoms with E-state index in [0.29, 0.717) is 0 Å². The van der Waals surface area contributed by atoms with Crippen molar-refractivity contribution in [2.45, 2.75) is 19.4 Å². The van der Waals surface area contributed by atoms with Gasteiger partial charge in [-0.2, -0.15) is 0 Å². The number of nitrogens with zero attached hydrogens (tertiary/aromatic N) is 1. The maximum Gasteiger partial charge on any atom is 0.598 e. The molecule has 5 nitrogen and oxygen atoms in total. The lowest BCUT2D eigenvalue weighted by molar-refractivity contribution is 0.0574. The Bertz CT molecular complexity index is 432. The molecule has 0 radical (unpaired) electrons. The zero-order valence-electron chi connectivity index (χ0n) is 14.7. The minimum atomic E-state index is -2.76. The molecule has 0 aliphatic rings. The van der Waals surface area contributed by atoms with Crippen LogP contribution < -0.4 is 5.32 Å². The summed E-state index contributed by atoms with van der Waals surface area (Å²) in [6, 6.07) is 10.4. The normalized spacial score (nSPS) is 13.3. The highest BCUT2D eigenvalue weighted by Crippen LogP contribution is 2.15. The number of benzene rings is 1. The zero-order chi connectivity index (χ0) is 17.1. The molecule has 0 amide bonds. The van der Waals surface area contributed by atoms with Gasteiger partial charge in [-0.3, -0.25) is 4.57 Å². The number of nitrogens with one attached hydrogen (secondary N) is 1. The van der Waals surface area contributed by atoms with Crippen LogP contribution in [0.25, 0.3) is 0 Å². The second-order valence-electron chi connectivity index (χ2n) is 5.20. The van der Waals surface area contributed by atoms with Crippen molar-refractivity contribution in [3.05, 3.63) is 48.6 Å². The van der Waals surface area contributed by atoms with E-state index in [2.05, 4.69) is 35.5 Å². The molecule has 6 heteroatoms. The van der Waals surface area contributed by atoms with Crippen LogP contribution >= 0.6 is 0 Å². The van der Waals surface area contributed by atoms with Crippen molar-refractivity contribution in [3.63, 3.8) is 0 Å². The summed E-state index contributed by atoms with van der Waals surface area (Å²) in [6.45, 7) is 8.50. The van der Waals surface area contributed by atoms with Crippen LogP contribution in [0.1, 0.15) is 24.9 Å². The van der Waals surface area contributed by atoms with Crippen LogP contribution in [0.5, 0.6) is 0 Å². The smallest absolute Gasteiger partial charge is 0.364 e. The summed E-state index contributed by atoms with van der Waals surface area (Å²) in [5.41, 5.74) is 1.21. The Hall–Kier alpha value is -1.02. The summed E-state index contributed by atoms with van der Waals surface area (Å²) in [6.07, 6.45) is 2.93. The quantitative estimate of drug-likeness (QED) is 0.469. The summed E-state index contributed by atoms with van der Waals surface area (Å²) >= 11 is 0. The highest BCUT2D eigenvalue weighted by molar-refractivity contribution is 6.57. The molecular formula is C17H30N2O3Si. The van der Waals surface area contributed by atoms with Gasteiger partial charge in [-0.15, -0.1) is 6.58 Å². The Labute approximate surface area is 141 Å². The van der Waals surface area contributed by atoms with Gasteiger partial charge in [-0.1, -0.05) is 43.3 Å². The molecule has 1 aromatic rings. The minimum Gasteiger partial charge on any atom is -0.364 e. The van der Waals surface area contributed by atoms with Crippen molar-refractivity contribution >= 4 is 8.97 Å². The Kier molecular flexibility index (Phi) is 9.31. The third-order valence-electron chi connectivity index (χ3n) is 3.80. The van der Waals surface area contributed by atoms with E-state index in [9.17, 15) is 0 Å². The molecule has 1 N–H and O–H groups in total. The first kappa shape index (κ1) is 20.0. The summed E-state index contributed by atoms with van der Waals surface area (Å²) in [7, 11) is 2.17. The molecule has 0 aliphatic heterocycles. The monoisotopic (exact) mass is 338 g/mol. The maximum absolute atomic E-state index is 5.59. The van der Waals surface area contributed by atoms with Crippen molar-refractivity contribution in [1.29, 1.82) is 0 Å². The van der Waals surface area contributed by atoms with Gasteiger partial charge >= 0.3 is 8.97 Å². The SMILES string of the molecule is C=CC(NCCN(CCC)[Si](OC)(OC)OC)c1ccccc1. The summed E-state index contributed by atoms with van der Waals surface area (Å²) < 4.78 is 18.9. The first-order valence-electron chi connectivity index (χ1n) is 7.98. The molecule has 0 fully saturated rings. The van der Waals surface area contributed by atoms with Crippen LogP contribution in [0.3, 0.4) is 0 Å². The molecule has 0 spiro atoms. The van der Waals surface area contributed by atoms with Crippen molar-refractivity contribution in [3.8, 4) is 0 Å². The van der Waals surface area contributed by atoms with Gasteiger partial charge in [0.05, 0.1) is 6.04 Å². The molecule has 0 saturated heterocycles. The van der Waals surface area contributed by atoms with Gasteiger partial charge in [0, 0.05) is 34.4 Å². The van der Waals surface area contributed by atoms with Crippen molar-refractivity contribution < 1.29 is 13.3 Å². The molecule has 0 saturated carbocycles. The molecule has 0 bridgehead atoms. The predicted molar refractivity (Wildman–Crippen MR) is 96.0 cm³/mol. The molecular weight excluding hydrogens is 308 g/mol. The number of hydrogen-bond donors (Lipinski definition) is 1. The van der Waals surface area contributed by atoms with Gasteiger partial charge in [-0.25, -0.2) is 0 Å². The molecule has 23 heavy (non-hydrogen) atoms. The lowest BCUT2D eigenvalue weighted by Gasteiger charge is -2.35. The fourth-order valence-electron chi connectivity index (χ4n) is 2.65. The van der Waals surface area contributed by atoms with Gasteiger partial charge in [0.1, 0.15) is 0 Å². The molecule has 1 unspecified atom stereocenters. The predicted octanol–water partition coefficient (Wildman–Crippen LogP) is 2.59. The molecule has 1 atom stereocenters. The summed E-state index contributed by atoms with van der Waals surface area (Å²) in [5.74, 6) is 0. The third kappa shape index (κ3) is 5.52. The molecule has 130 valence electrons. The van der Waals surface area contributed by atoms with Crippen LogP contribution in [0, 0.1) is 0 Å². The van der Waals surface area contributed by atoms with Gasteiger partial charge < -0.3 is 18.6 Å². The Morgan fingerprint density at radius 1 is 1.13 bits per heavy atom. The molecule has 1 rings (SSSR count). The molecule has 1 aromatic carbocycles. The highest BCUT2D eigenvalue weighted by Gasteiger charge is 2.45. The average Bonchev–Trinajstić information content (AvgIpc) is 2.61. The second-order valence-corrected chi connectivity index (χ2v) is 8.11. The largest absolute Gasteiger partial charge is 0.598 e. The van der Waals surface area contributed by atoms with E-state index in [-0.39, 0.29) is 6.04 Å². The first-order chi connectivity index (χ1) is 11.2. The van der Waals surface area contributed by atoms with Gasteiger partial charge in [0.15, 0.2) is 0 Å². The van der Waals surface area contributed by atoms with Crippen molar-refractivity contribution in [1.82, 2.24) is 9.88 Å². The fourth-order valence-corrected chi connectivity index (χ4v) is 4.80. The van der Waals surface area contributed by atoms with Crippen LogP contribution in [-0.4, -0.2) is 54.5 Å². The van der Waals surface area contributed by atoms with E-state index in [0.717, 1.165) is 26.1 Å². The highest BCUT2D eigenvalue weighted by atomic mass is 28.4. The van der Waals surface area contributed by atoms with Gasteiger partial charge in [0.25, 0.3) is 0 Å². The number of rotatable bonds is 12. The lowest BCUT2D eigenvalue weighted by Crippen LogP contribution is -2.61. The second kappa shape index (κ2) is 10.7. The van der Waals surface area contributed by atoms with Crippen molar-refractivity contribution in [2.24, 2.45) is 0 Å². The molecule has 0 heterocycles. The van der Waals surface area contributed by atoms with Crippen LogP contribution in [0.15, 0.2) is 43.0 Å². The van der Waals surface area contributed by atoms with Crippen LogP contribution in [-0.2, 0) is 13.3 Å². The van der Waals surface area contributed by atoms with Gasteiger partial charge in [0.2, 0.25) is 0 Å². The van der Waals surface area contributed by atoms with Crippen LogP contribution in [0.4, 0.5) is 0 Å². The van der Waals surface area contributed by atoms with E-state index >= 15 is 0 Å². The molecule has 0 aliphatic carbocycles. The number of hydrogen-bond acceptors (Lipinski definition) is 5. The Morgan fingerprint density at radius 3 is 2.22 bits per heavy atom. The maximum atomic E-state index is 5.59. The summed E-state index contributed by atoms with van der Waals surface area (Å²) in [4.78, 5) is 0. The average molecular weight is 339 g/mol. The van der Waals surface area contributed by atoms with E-state index in [1.54, 1.807) is 21.3 Å².